The van der Waals surface area contributed by atoms with Crippen LogP contribution in [0.25, 0.3) is 6.08 Å². The number of rotatable bonds is 5. The molecule has 41 heavy (non-hydrogen) atoms. The predicted octanol–water partition coefficient (Wildman–Crippen LogP) is 7.29. The van der Waals surface area contributed by atoms with Crippen molar-refractivity contribution in [1.29, 1.82) is 0 Å². The molecule has 0 atom stereocenters. The Morgan fingerprint density at radius 3 is 2.34 bits per heavy atom. The highest BCUT2D eigenvalue weighted by Crippen LogP contribution is 2.42. The van der Waals surface area contributed by atoms with Crippen LogP contribution in [0.2, 0.25) is 5.02 Å². The fraction of sp³-hybridized carbons (Fsp3) is 0.176. The standard InChI is InChI=1S/C34H30ClN3O2S/c1-24-9-11-26(12-10-24)23-38-30-7-2-3-8-31(30)41-32(34(38)40)21-25-13-15-27(16-14-25)33(39)37-19-17-36(18-20-37)29-6-4-5-28(35)22-29/h2-16,21-22H,17-20,23H2,1H3. The Bertz CT molecular complexity index is 1610. The van der Waals surface area contributed by atoms with Gasteiger partial charge in [-0.15, -0.1) is 0 Å². The molecule has 1 fully saturated rings. The van der Waals surface area contributed by atoms with E-state index in [4.69, 9.17) is 11.6 Å². The van der Waals surface area contributed by atoms with Gasteiger partial charge in [0.1, 0.15) is 0 Å². The summed E-state index contributed by atoms with van der Waals surface area (Å²) < 4.78 is 0. The van der Waals surface area contributed by atoms with Crippen molar-refractivity contribution in [2.75, 3.05) is 36.0 Å². The fourth-order valence-corrected chi connectivity index (χ4v) is 6.44. The number of thioether (sulfide) groups is 1. The smallest absolute Gasteiger partial charge is 0.265 e. The minimum atomic E-state index is -0.0213. The van der Waals surface area contributed by atoms with Crippen LogP contribution in [0, 0.1) is 6.92 Å². The molecule has 1 saturated heterocycles. The maximum atomic E-state index is 13.7. The zero-order valence-corrected chi connectivity index (χ0v) is 24.4. The number of nitrogens with zero attached hydrogens (tertiary/aromatic N) is 3. The van der Waals surface area contributed by atoms with Crippen LogP contribution in [0.4, 0.5) is 11.4 Å². The summed E-state index contributed by atoms with van der Waals surface area (Å²) in [6.45, 7) is 5.39. The normalized spacial score (nSPS) is 16.2. The molecular weight excluding hydrogens is 550 g/mol. The number of piperazine rings is 1. The van der Waals surface area contributed by atoms with Crippen molar-refractivity contribution in [3.8, 4) is 0 Å². The van der Waals surface area contributed by atoms with Crippen LogP contribution in [0.15, 0.2) is 107 Å². The summed E-state index contributed by atoms with van der Waals surface area (Å²) in [6.07, 6.45) is 1.92. The maximum absolute atomic E-state index is 13.7. The zero-order valence-electron chi connectivity index (χ0n) is 22.8. The van der Waals surface area contributed by atoms with E-state index in [0.717, 1.165) is 40.5 Å². The van der Waals surface area contributed by atoms with E-state index in [2.05, 4.69) is 42.2 Å². The molecule has 0 radical (unpaired) electrons. The number of carbonyl (C=O) groups is 2. The van der Waals surface area contributed by atoms with Gasteiger partial charge in [-0.2, -0.15) is 0 Å². The van der Waals surface area contributed by atoms with Gasteiger partial charge in [0.25, 0.3) is 11.8 Å². The minimum absolute atomic E-state index is 0.0213. The molecule has 0 unspecified atom stereocenters. The Balaban J connectivity index is 1.15. The lowest BCUT2D eigenvalue weighted by Gasteiger charge is -2.36. The first-order chi connectivity index (χ1) is 19.9. The first-order valence-corrected chi connectivity index (χ1v) is 14.9. The first-order valence-electron chi connectivity index (χ1n) is 13.7. The molecular formula is C34H30ClN3O2S. The van der Waals surface area contributed by atoms with Gasteiger partial charge in [0.2, 0.25) is 0 Å². The van der Waals surface area contributed by atoms with Crippen molar-refractivity contribution in [2.24, 2.45) is 0 Å². The second-order valence-electron chi connectivity index (χ2n) is 10.3. The molecule has 2 aliphatic heterocycles. The summed E-state index contributed by atoms with van der Waals surface area (Å²) in [5, 5.41) is 0.715. The number of hydrogen-bond acceptors (Lipinski definition) is 4. The van der Waals surface area contributed by atoms with E-state index in [1.807, 2.05) is 82.6 Å². The number of amides is 2. The van der Waals surface area contributed by atoms with Gasteiger partial charge in [-0.25, -0.2) is 0 Å². The first kappa shape index (κ1) is 27.2. The maximum Gasteiger partial charge on any atom is 0.265 e. The SMILES string of the molecule is Cc1ccc(CN2C(=O)C(=Cc3ccc(C(=O)N4CCN(c5cccc(Cl)c5)CC4)cc3)Sc3ccccc32)cc1. The average Bonchev–Trinajstić information content (AvgIpc) is 3.00. The lowest BCUT2D eigenvalue weighted by atomic mass is 10.1. The van der Waals surface area contributed by atoms with Crippen LogP contribution in [-0.4, -0.2) is 42.9 Å². The monoisotopic (exact) mass is 579 g/mol. The molecule has 2 amide bonds. The highest BCUT2D eigenvalue weighted by atomic mass is 35.5. The largest absolute Gasteiger partial charge is 0.368 e. The van der Waals surface area contributed by atoms with E-state index in [1.165, 1.54) is 17.3 Å². The number of aryl methyl sites for hydroxylation is 1. The van der Waals surface area contributed by atoms with Crippen molar-refractivity contribution in [3.63, 3.8) is 0 Å². The number of fused-ring (bicyclic) bond motifs is 1. The molecule has 4 aromatic carbocycles. The van der Waals surface area contributed by atoms with Gasteiger partial charge in [0, 0.05) is 47.3 Å². The topological polar surface area (TPSA) is 43.9 Å². The molecule has 0 N–H and O–H groups in total. The number of benzene rings is 4. The summed E-state index contributed by atoms with van der Waals surface area (Å²) in [5.74, 6) is 0.00303. The van der Waals surface area contributed by atoms with Crippen molar-refractivity contribution < 1.29 is 9.59 Å². The van der Waals surface area contributed by atoms with Crippen molar-refractivity contribution in [3.05, 3.63) is 129 Å². The molecule has 0 saturated carbocycles. The van der Waals surface area contributed by atoms with E-state index in [1.54, 1.807) is 0 Å². The van der Waals surface area contributed by atoms with Crippen molar-refractivity contribution in [2.45, 2.75) is 18.4 Å². The highest BCUT2D eigenvalue weighted by Gasteiger charge is 2.29. The van der Waals surface area contributed by atoms with Crippen molar-refractivity contribution in [1.82, 2.24) is 4.90 Å². The summed E-state index contributed by atoms with van der Waals surface area (Å²) in [4.78, 5) is 34.6. The van der Waals surface area contributed by atoms with Gasteiger partial charge in [-0.05, 0) is 66.6 Å². The van der Waals surface area contributed by atoms with Gasteiger partial charge in [-0.1, -0.05) is 83.5 Å². The Labute approximate surface area is 250 Å². The van der Waals surface area contributed by atoms with E-state index < -0.39 is 0 Å². The summed E-state index contributed by atoms with van der Waals surface area (Å²) >= 11 is 7.65. The zero-order chi connectivity index (χ0) is 28.3. The second-order valence-corrected chi connectivity index (χ2v) is 11.9. The third-order valence-electron chi connectivity index (χ3n) is 7.49. The van der Waals surface area contributed by atoms with Crippen LogP contribution < -0.4 is 9.80 Å². The van der Waals surface area contributed by atoms with Gasteiger partial charge in [0.05, 0.1) is 17.1 Å². The Hall–Kier alpha value is -4.00. The van der Waals surface area contributed by atoms with Crippen molar-refractivity contribution >= 4 is 52.6 Å². The summed E-state index contributed by atoms with van der Waals surface area (Å²) in [5.41, 5.74) is 5.82. The van der Waals surface area contributed by atoms with Gasteiger partial charge in [0.15, 0.2) is 0 Å². The van der Waals surface area contributed by atoms with Crippen LogP contribution >= 0.6 is 23.4 Å². The fourth-order valence-electron chi connectivity index (χ4n) is 5.19. The van der Waals surface area contributed by atoms with E-state index in [-0.39, 0.29) is 11.8 Å². The number of anilines is 2. The molecule has 6 rings (SSSR count). The Kier molecular flexibility index (Phi) is 7.86. The second kappa shape index (κ2) is 11.9. The van der Waals surface area contributed by atoms with Gasteiger partial charge in [-0.3, -0.25) is 9.59 Å². The quantitative estimate of drug-likeness (QED) is 0.233. The molecule has 206 valence electrons. The number of hydrogen-bond donors (Lipinski definition) is 0. The van der Waals surface area contributed by atoms with Crippen LogP contribution in [0.3, 0.4) is 0 Å². The highest BCUT2D eigenvalue weighted by molar-refractivity contribution is 8.04. The molecule has 0 bridgehead atoms. The van der Waals surface area contributed by atoms with Crippen LogP contribution in [-0.2, 0) is 11.3 Å². The number of para-hydroxylation sites is 1. The molecule has 7 heteroatoms. The molecule has 0 aliphatic carbocycles. The Morgan fingerprint density at radius 2 is 1.61 bits per heavy atom. The van der Waals surface area contributed by atoms with Crippen LogP contribution in [0.1, 0.15) is 27.0 Å². The lowest BCUT2D eigenvalue weighted by Crippen LogP contribution is -2.48. The molecule has 5 nitrogen and oxygen atoms in total. The predicted molar refractivity (Wildman–Crippen MR) is 169 cm³/mol. The van der Waals surface area contributed by atoms with E-state index in [9.17, 15) is 9.59 Å². The number of halogens is 1. The minimum Gasteiger partial charge on any atom is -0.368 e. The lowest BCUT2D eigenvalue weighted by molar-refractivity contribution is -0.114. The third kappa shape index (κ3) is 6.04. The molecule has 2 heterocycles. The molecule has 2 aliphatic rings. The van der Waals surface area contributed by atoms with Gasteiger partial charge < -0.3 is 14.7 Å². The molecule has 4 aromatic rings. The number of carbonyl (C=O) groups excluding carboxylic acids is 2. The third-order valence-corrected chi connectivity index (χ3v) is 8.80. The summed E-state index contributed by atoms with van der Waals surface area (Å²) in [7, 11) is 0. The Morgan fingerprint density at radius 1 is 0.878 bits per heavy atom. The molecule has 0 aromatic heterocycles. The summed E-state index contributed by atoms with van der Waals surface area (Å²) in [6, 6.07) is 31.7. The van der Waals surface area contributed by atoms with Gasteiger partial charge >= 0.3 is 0 Å². The van der Waals surface area contributed by atoms with Crippen LogP contribution in [0.5, 0.6) is 0 Å². The average molecular weight is 580 g/mol. The van der Waals surface area contributed by atoms with E-state index in [0.29, 0.717) is 35.1 Å². The molecule has 0 spiro atoms. The van der Waals surface area contributed by atoms with E-state index >= 15 is 0 Å².